The lowest BCUT2D eigenvalue weighted by molar-refractivity contribution is 0.0708. The van der Waals surface area contributed by atoms with Gasteiger partial charge < -0.3 is 10.2 Å². The van der Waals surface area contributed by atoms with Crippen LogP contribution in [-0.4, -0.2) is 37.0 Å². The molecule has 1 saturated heterocycles. The van der Waals surface area contributed by atoms with E-state index in [0.29, 0.717) is 20.3 Å². The molecule has 1 aromatic heterocycles. The van der Waals surface area contributed by atoms with E-state index in [1.165, 1.54) is 11.3 Å². The van der Waals surface area contributed by atoms with Gasteiger partial charge in [-0.2, -0.15) is 0 Å². The van der Waals surface area contributed by atoms with Gasteiger partial charge in [-0.25, -0.2) is 0 Å². The fourth-order valence-corrected chi connectivity index (χ4v) is 3.48. The normalized spacial score (nSPS) is 16.5. The number of thiophene rings is 1. The molecule has 1 fully saturated rings. The zero-order chi connectivity index (χ0) is 12.4. The van der Waals surface area contributed by atoms with E-state index >= 15 is 0 Å². The Morgan fingerprint density at radius 3 is 2.50 bits per heavy atom. The number of rotatable bonds is 2. The van der Waals surface area contributed by atoms with Crippen molar-refractivity contribution in [2.24, 2.45) is 0 Å². The Hall–Kier alpha value is -0.000000000000000222. The maximum absolute atomic E-state index is 12.2. The molecule has 1 N–H and O–H groups in total. The Balaban J connectivity index is 0.00000162. The lowest BCUT2D eigenvalue weighted by atomic mass is 10.0. The Morgan fingerprint density at radius 2 is 2.06 bits per heavy atom. The second-order valence-electron chi connectivity index (χ2n) is 4.09. The molecule has 0 radical (unpaired) electrons. The van der Waals surface area contributed by atoms with Gasteiger partial charge in [-0.3, -0.25) is 4.79 Å². The maximum atomic E-state index is 12.2. The molecule has 0 aromatic carbocycles. The maximum Gasteiger partial charge on any atom is 0.256 e. The van der Waals surface area contributed by atoms with E-state index in [4.69, 9.17) is 23.2 Å². The van der Waals surface area contributed by atoms with Crippen LogP contribution in [0.1, 0.15) is 23.2 Å². The standard InChI is InChI=1S/C11H14Cl2N2OS.ClH/c1-14-7-2-4-15(5-3-7)11(16)8-6-9(12)17-10(8)13;/h6-7,14H,2-5H2,1H3;1H. The quantitative estimate of drug-likeness (QED) is 0.903. The number of hydrogen-bond donors (Lipinski definition) is 1. The van der Waals surface area contributed by atoms with Crippen LogP contribution in [0.4, 0.5) is 0 Å². The minimum Gasteiger partial charge on any atom is -0.338 e. The van der Waals surface area contributed by atoms with E-state index in [-0.39, 0.29) is 18.3 Å². The molecule has 1 aliphatic heterocycles. The number of amides is 1. The Kier molecular flexibility index (Phi) is 6.21. The lowest BCUT2D eigenvalue weighted by Gasteiger charge is -2.31. The largest absolute Gasteiger partial charge is 0.338 e. The van der Waals surface area contributed by atoms with Crippen molar-refractivity contribution in [3.63, 3.8) is 0 Å². The molecule has 0 spiro atoms. The van der Waals surface area contributed by atoms with Gasteiger partial charge in [0.25, 0.3) is 5.91 Å². The summed E-state index contributed by atoms with van der Waals surface area (Å²) < 4.78 is 1.04. The lowest BCUT2D eigenvalue weighted by Crippen LogP contribution is -2.43. The third kappa shape index (κ3) is 3.52. The van der Waals surface area contributed by atoms with Crippen LogP contribution in [0.3, 0.4) is 0 Å². The molecule has 2 heterocycles. The van der Waals surface area contributed by atoms with Crippen molar-refractivity contribution in [2.45, 2.75) is 18.9 Å². The average molecular weight is 330 g/mol. The predicted molar refractivity (Wildman–Crippen MR) is 79.6 cm³/mol. The number of halogens is 3. The van der Waals surface area contributed by atoms with Gasteiger partial charge in [-0.05, 0) is 26.0 Å². The number of carbonyl (C=O) groups excluding carboxylic acids is 1. The monoisotopic (exact) mass is 328 g/mol. The third-order valence-corrected chi connectivity index (χ3v) is 4.57. The molecule has 0 bridgehead atoms. The Labute approximate surface area is 127 Å². The molecule has 102 valence electrons. The zero-order valence-electron chi connectivity index (χ0n) is 9.91. The van der Waals surface area contributed by atoms with Gasteiger partial charge in [0, 0.05) is 19.1 Å². The van der Waals surface area contributed by atoms with E-state index < -0.39 is 0 Å². The number of hydrogen-bond acceptors (Lipinski definition) is 3. The van der Waals surface area contributed by atoms with Gasteiger partial charge in [0.05, 0.1) is 9.90 Å². The van der Waals surface area contributed by atoms with Crippen molar-refractivity contribution in [3.05, 3.63) is 20.3 Å². The molecule has 18 heavy (non-hydrogen) atoms. The van der Waals surface area contributed by atoms with Crippen molar-refractivity contribution >= 4 is 52.9 Å². The van der Waals surface area contributed by atoms with Gasteiger partial charge >= 0.3 is 0 Å². The molecule has 0 atom stereocenters. The summed E-state index contributed by atoms with van der Waals surface area (Å²) in [4.78, 5) is 14.0. The highest BCUT2D eigenvalue weighted by Crippen LogP contribution is 2.32. The summed E-state index contributed by atoms with van der Waals surface area (Å²) in [7, 11) is 1.96. The summed E-state index contributed by atoms with van der Waals surface area (Å²) in [6.45, 7) is 1.54. The van der Waals surface area contributed by atoms with Gasteiger partial charge in [0.1, 0.15) is 4.34 Å². The smallest absolute Gasteiger partial charge is 0.256 e. The fraction of sp³-hybridized carbons (Fsp3) is 0.545. The second-order valence-corrected chi connectivity index (χ2v) is 6.38. The topological polar surface area (TPSA) is 32.3 Å². The van der Waals surface area contributed by atoms with Crippen molar-refractivity contribution < 1.29 is 4.79 Å². The first-order valence-corrected chi connectivity index (χ1v) is 7.10. The zero-order valence-corrected chi connectivity index (χ0v) is 13.1. The van der Waals surface area contributed by atoms with E-state index in [2.05, 4.69) is 5.32 Å². The van der Waals surface area contributed by atoms with Crippen molar-refractivity contribution in [1.82, 2.24) is 10.2 Å². The fourth-order valence-electron chi connectivity index (χ4n) is 2.03. The van der Waals surface area contributed by atoms with Gasteiger partial charge in [0.2, 0.25) is 0 Å². The Morgan fingerprint density at radius 1 is 1.44 bits per heavy atom. The molecule has 2 rings (SSSR count). The summed E-state index contributed by atoms with van der Waals surface area (Å²) in [5.74, 6) is -0.00676. The first-order chi connectivity index (χ1) is 8.11. The molecule has 7 heteroatoms. The molecule has 3 nitrogen and oxygen atoms in total. The van der Waals surface area contributed by atoms with E-state index in [1.54, 1.807) is 6.07 Å². The number of likely N-dealkylation sites (tertiary alicyclic amines) is 1. The third-order valence-electron chi connectivity index (χ3n) is 3.08. The minimum atomic E-state index is -0.00676. The van der Waals surface area contributed by atoms with Crippen LogP contribution < -0.4 is 5.32 Å². The molecule has 1 amide bonds. The molecular weight excluding hydrogens is 315 g/mol. The number of nitrogens with one attached hydrogen (secondary N) is 1. The van der Waals surface area contributed by atoms with Crippen molar-refractivity contribution in [1.29, 1.82) is 0 Å². The summed E-state index contributed by atoms with van der Waals surface area (Å²) in [5.41, 5.74) is 0.532. The first kappa shape index (κ1) is 16.1. The highest BCUT2D eigenvalue weighted by atomic mass is 35.5. The van der Waals surface area contributed by atoms with Crippen LogP contribution in [0.15, 0.2) is 6.07 Å². The average Bonchev–Trinajstić information content (AvgIpc) is 2.68. The van der Waals surface area contributed by atoms with Gasteiger partial charge in [0.15, 0.2) is 0 Å². The van der Waals surface area contributed by atoms with E-state index in [0.717, 1.165) is 25.9 Å². The number of piperidine rings is 1. The van der Waals surface area contributed by atoms with Crippen LogP contribution in [-0.2, 0) is 0 Å². The first-order valence-electron chi connectivity index (χ1n) is 5.53. The SMILES string of the molecule is CNC1CCN(C(=O)c2cc(Cl)sc2Cl)CC1.Cl. The summed E-state index contributed by atoms with van der Waals surface area (Å²) in [6.07, 6.45) is 1.97. The highest BCUT2D eigenvalue weighted by Gasteiger charge is 2.25. The molecule has 0 saturated carbocycles. The van der Waals surface area contributed by atoms with E-state index in [9.17, 15) is 4.79 Å². The summed E-state index contributed by atoms with van der Waals surface area (Å²) in [5, 5.41) is 3.24. The molecule has 1 aromatic rings. The highest BCUT2D eigenvalue weighted by molar-refractivity contribution is 7.20. The minimum absolute atomic E-state index is 0. The van der Waals surface area contributed by atoms with E-state index in [1.807, 2.05) is 11.9 Å². The number of carbonyl (C=O) groups is 1. The molecule has 0 aliphatic carbocycles. The van der Waals surface area contributed by atoms with Crippen molar-refractivity contribution in [3.8, 4) is 0 Å². The predicted octanol–water partition coefficient (Wildman–Crippen LogP) is 3.30. The number of nitrogens with zero attached hydrogens (tertiary/aromatic N) is 1. The van der Waals surface area contributed by atoms with Crippen LogP contribution >= 0.6 is 46.9 Å². The summed E-state index contributed by atoms with van der Waals surface area (Å²) >= 11 is 13.1. The second kappa shape index (κ2) is 6.96. The molecule has 0 unspecified atom stereocenters. The molecular formula is C11H15Cl3N2OS. The van der Waals surface area contributed by atoms with Gasteiger partial charge in [-0.15, -0.1) is 23.7 Å². The van der Waals surface area contributed by atoms with Crippen molar-refractivity contribution in [2.75, 3.05) is 20.1 Å². The van der Waals surface area contributed by atoms with Gasteiger partial charge in [-0.1, -0.05) is 23.2 Å². The summed E-state index contributed by atoms with van der Waals surface area (Å²) in [6, 6.07) is 2.17. The van der Waals surface area contributed by atoms with Crippen LogP contribution in [0.2, 0.25) is 8.67 Å². The van der Waals surface area contributed by atoms with Crippen LogP contribution in [0.25, 0.3) is 0 Å². The Bertz CT molecular complexity index is 416. The van der Waals surface area contributed by atoms with Crippen LogP contribution in [0.5, 0.6) is 0 Å². The molecule has 1 aliphatic rings. The van der Waals surface area contributed by atoms with Crippen LogP contribution in [0, 0.1) is 0 Å².